The third-order valence-corrected chi connectivity index (χ3v) is 5.40. The second-order valence-electron chi connectivity index (χ2n) is 7.69. The summed E-state index contributed by atoms with van der Waals surface area (Å²) in [7, 11) is 0. The molecule has 1 amide bonds. The predicted molar refractivity (Wildman–Crippen MR) is 113 cm³/mol. The Bertz CT molecular complexity index is 988. The molecule has 1 fully saturated rings. The molecule has 33 heavy (non-hydrogen) atoms. The molecule has 176 valence electrons. The Kier molecular flexibility index (Phi) is 7.31. The predicted octanol–water partition coefficient (Wildman–Crippen LogP) is 5.66. The van der Waals surface area contributed by atoms with Crippen molar-refractivity contribution in [3.05, 3.63) is 89.0 Å². The summed E-state index contributed by atoms with van der Waals surface area (Å²) in [5.74, 6) is -0.384. The minimum Gasteiger partial charge on any atom is -0.339 e. The number of alkyl halides is 6. The molecule has 0 aromatic heterocycles. The van der Waals surface area contributed by atoms with Crippen LogP contribution in [0.5, 0.6) is 0 Å². The van der Waals surface area contributed by atoms with Crippen molar-refractivity contribution in [2.75, 3.05) is 13.1 Å². The van der Waals surface area contributed by atoms with Crippen LogP contribution in [0, 0.1) is 0 Å². The summed E-state index contributed by atoms with van der Waals surface area (Å²) in [5.41, 5.74) is 2.55. The number of benzene rings is 2. The lowest BCUT2D eigenvalue weighted by Crippen LogP contribution is -2.42. The molecule has 1 heterocycles. The zero-order chi connectivity index (χ0) is 24.2. The monoisotopic (exact) mass is 468 g/mol. The molecular weight excluding hydrogens is 446 g/mol. The van der Waals surface area contributed by atoms with Crippen molar-refractivity contribution in [3.8, 4) is 0 Å². The van der Waals surface area contributed by atoms with E-state index in [0.29, 0.717) is 25.9 Å². The summed E-state index contributed by atoms with van der Waals surface area (Å²) in [6, 6.07) is 8.83. The summed E-state index contributed by atoms with van der Waals surface area (Å²) in [6.07, 6.45) is -4.88. The first-order valence-corrected chi connectivity index (χ1v) is 10.2. The Morgan fingerprint density at radius 1 is 0.848 bits per heavy atom. The van der Waals surface area contributed by atoms with E-state index in [4.69, 9.17) is 5.73 Å². The van der Waals surface area contributed by atoms with Crippen molar-refractivity contribution in [3.63, 3.8) is 0 Å². The lowest BCUT2D eigenvalue weighted by molar-refractivity contribution is -0.138. The lowest BCUT2D eigenvalue weighted by atomic mass is 9.90. The number of allylic oxidation sites excluding steroid dienone is 2. The SMILES string of the molecule is NC1CCN(C(=O)C=CC=C(c2ccccc2C(F)(F)F)c2ccccc2C(F)(F)F)CC1. The number of nitrogens with two attached hydrogens (primary N) is 1. The van der Waals surface area contributed by atoms with E-state index >= 15 is 0 Å². The third kappa shape index (κ3) is 6.04. The van der Waals surface area contributed by atoms with Crippen LogP contribution in [0.2, 0.25) is 0 Å². The number of carbonyl (C=O) groups excluding carboxylic acids is 1. The first kappa shape index (κ1) is 24.6. The van der Waals surface area contributed by atoms with E-state index in [1.165, 1.54) is 30.3 Å². The fourth-order valence-electron chi connectivity index (χ4n) is 3.71. The van der Waals surface area contributed by atoms with Crippen LogP contribution in [-0.4, -0.2) is 29.9 Å². The summed E-state index contributed by atoms with van der Waals surface area (Å²) in [6.45, 7) is 0.878. The molecule has 9 heteroatoms. The van der Waals surface area contributed by atoms with Crippen LogP contribution in [0.15, 0.2) is 66.8 Å². The Morgan fingerprint density at radius 2 is 1.30 bits per heavy atom. The highest BCUT2D eigenvalue weighted by Crippen LogP contribution is 2.41. The molecule has 0 aliphatic carbocycles. The Balaban J connectivity index is 2.08. The molecule has 0 unspecified atom stereocenters. The van der Waals surface area contributed by atoms with Crippen molar-refractivity contribution < 1.29 is 31.1 Å². The Morgan fingerprint density at radius 3 is 1.76 bits per heavy atom. The fraction of sp³-hybridized carbons (Fsp3) is 0.292. The van der Waals surface area contributed by atoms with Crippen LogP contribution in [-0.2, 0) is 17.1 Å². The van der Waals surface area contributed by atoms with Crippen LogP contribution >= 0.6 is 0 Å². The minimum atomic E-state index is -4.78. The van der Waals surface area contributed by atoms with Crippen LogP contribution in [0.1, 0.15) is 35.1 Å². The number of carbonyl (C=O) groups is 1. The number of piperidine rings is 1. The smallest absolute Gasteiger partial charge is 0.339 e. The summed E-state index contributed by atoms with van der Waals surface area (Å²) < 4.78 is 81.9. The molecule has 1 aliphatic rings. The van der Waals surface area contributed by atoms with E-state index < -0.39 is 34.6 Å². The zero-order valence-corrected chi connectivity index (χ0v) is 17.5. The van der Waals surface area contributed by atoms with Crippen LogP contribution in [0.3, 0.4) is 0 Å². The largest absolute Gasteiger partial charge is 0.417 e. The number of amides is 1. The molecule has 0 atom stereocenters. The van der Waals surface area contributed by atoms with Gasteiger partial charge in [-0.05, 0) is 41.7 Å². The number of hydrogen-bond acceptors (Lipinski definition) is 2. The average molecular weight is 468 g/mol. The molecule has 0 bridgehead atoms. The number of rotatable bonds is 4. The van der Waals surface area contributed by atoms with Crippen molar-refractivity contribution in [2.24, 2.45) is 5.73 Å². The van der Waals surface area contributed by atoms with E-state index in [0.717, 1.165) is 36.4 Å². The van der Waals surface area contributed by atoms with E-state index in [-0.39, 0.29) is 17.5 Å². The Labute approximate surface area is 187 Å². The molecule has 3 nitrogen and oxygen atoms in total. The third-order valence-electron chi connectivity index (χ3n) is 5.40. The van der Waals surface area contributed by atoms with E-state index in [2.05, 4.69) is 0 Å². The number of likely N-dealkylation sites (tertiary alicyclic amines) is 1. The van der Waals surface area contributed by atoms with E-state index in [1.54, 1.807) is 4.90 Å². The molecule has 2 N–H and O–H groups in total. The van der Waals surface area contributed by atoms with Gasteiger partial charge in [-0.1, -0.05) is 48.6 Å². The molecule has 3 rings (SSSR count). The quantitative estimate of drug-likeness (QED) is 0.358. The standard InChI is InChI=1S/C24H22F6N2O/c25-23(26,27)20-9-3-1-6-18(20)17(19-7-2-4-10-21(19)24(28,29)30)8-5-11-22(33)32-14-12-16(31)13-15-32/h1-11,16H,12-15,31H2. The molecule has 0 saturated carbocycles. The van der Waals surface area contributed by atoms with Crippen LogP contribution in [0.4, 0.5) is 26.3 Å². The molecular formula is C24H22F6N2O. The average Bonchev–Trinajstić information content (AvgIpc) is 2.76. The highest BCUT2D eigenvalue weighted by atomic mass is 19.4. The maximum absolute atomic E-state index is 13.6. The van der Waals surface area contributed by atoms with Gasteiger partial charge in [0.05, 0.1) is 11.1 Å². The second kappa shape index (κ2) is 9.82. The van der Waals surface area contributed by atoms with Gasteiger partial charge in [-0.2, -0.15) is 26.3 Å². The second-order valence-corrected chi connectivity index (χ2v) is 7.69. The minimum absolute atomic E-state index is 0.00210. The number of nitrogens with zero attached hydrogens (tertiary/aromatic N) is 1. The van der Waals surface area contributed by atoms with Crippen LogP contribution < -0.4 is 5.73 Å². The highest BCUT2D eigenvalue weighted by Gasteiger charge is 2.37. The van der Waals surface area contributed by atoms with Gasteiger partial charge in [0.15, 0.2) is 0 Å². The van der Waals surface area contributed by atoms with Gasteiger partial charge in [0.25, 0.3) is 0 Å². The maximum atomic E-state index is 13.6. The summed E-state index contributed by atoms with van der Waals surface area (Å²) in [4.78, 5) is 14.0. The van der Waals surface area contributed by atoms with Crippen molar-refractivity contribution in [1.29, 1.82) is 0 Å². The number of hydrogen-bond donors (Lipinski definition) is 1. The van der Waals surface area contributed by atoms with Gasteiger partial charge < -0.3 is 10.6 Å². The van der Waals surface area contributed by atoms with Gasteiger partial charge in [-0.15, -0.1) is 0 Å². The highest BCUT2D eigenvalue weighted by molar-refractivity contribution is 5.89. The summed E-state index contributed by atoms with van der Waals surface area (Å²) >= 11 is 0. The Hall–Kier alpha value is -3.07. The lowest BCUT2D eigenvalue weighted by Gasteiger charge is -2.29. The molecule has 0 radical (unpaired) electrons. The van der Waals surface area contributed by atoms with Gasteiger partial charge in [-0.25, -0.2) is 0 Å². The van der Waals surface area contributed by atoms with E-state index in [9.17, 15) is 31.1 Å². The fourth-order valence-corrected chi connectivity index (χ4v) is 3.71. The molecule has 1 saturated heterocycles. The van der Waals surface area contributed by atoms with Gasteiger partial charge in [0.1, 0.15) is 0 Å². The van der Waals surface area contributed by atoms with Crippen LogP contribution in [0.25, 0.3) is 5.57 Å². The molecule has 1 aliphatic heterocycles. The van der Waals surface area contributed by atoms with Gasteiger partial charge in [-0.3, -0.25) is 4.79 Å². The van der Waals surface area contributed by atoms with Crippen molar-refractivity contribution in [1.82, 2.24) is 4.90 Å². The topological polar surface area (TPSA) is 46.3 Å². The molecule has 0 spiro atoms. The molecule has 2 aromatic rings. The summed E-state index contributed by atoms with van der Waals surface area (Å²) in [5, 5.41) is 0. The first-order chi connectivity index (χ1) is 15.5. The van der Waals surface area contributed by atoms with E-state index in [1.807, 2.05) is 0 Å². The molecule has 2 aromatic carbocycles. The van der Waals surface area contributed by atoms with Crippen molar-refractivity contribution in [2.45, 2.75) is 31.2 Å². The maximum Gasteiger partial charge on any atom is 0.417 e. The first-order valence-electron chi connectivity index (χ1n) is 10.2. The number of halogens is 6. The van der Waals surface area contributed by atoms with Gasteiger partial charge in [0.2, 0.25) is 5.91 Å². The zero-order valence-electron chi connectivity index (χ0n) is 17.5. The normalized spacial score (nSPS) is 15.7. The van der Waals surface area contributed by atoms with Gasteiger partial charge >= 0.3 is 12.4 Å². The van der Waals surface area contributed by atoms with Crippen molar-refractivity contribution >= 4 is 11.5 Å². The van der Waals surface area contributed by atoms with Gasteiger partial charge in [0, 0.05) is 25.2 Å².